The van der Waals surface area contributed by atoms with Crippen molar-refractivity contribution in [3.63, 3.8) is 0 Å². The van der Waals surface area contributed by atoms with E-state index >= 15 is 0 Å². The van der Waals surface area contributed by atoms with Gasteiger partial charge in [-0.25, -0.2) is 0 Å². The lowest BCUT2D eigenvalue weighted by Crippen LogP contribution is -2.46. The van der Waals surface area contributed by atoms with Crippen LogP contribution in [0.4, 0.5) is 0 Å². The number of carbonyl (C=O) groups is 1. The molecule has 2 fully saturated rings. The van der Waals surface area contributed by atoms with Crippen molar-refractivity contribution >= 4 is 5.97 Å². The second kappa shape index (κ2) is 12.6. The molecule has 1 saturated carbocycles. The molecule has 0 spiro atoms. The van der Waals surface area contributed by atoms with Gasteiger partial charge in [0.05, 0.1) is 31.3 Å². The maximum absolute atomic E-state index is 11.8. The zero-order valence-electron chi connectivity index (χ0n) is 20.8. The van der Waals surface area contributed by atoms with Gasteiger partial charge < -0.3 is 19.7 Å². The number of rotatable bonds is 11. The molecule has 1 saturated heterocycles. The first-order valence-electron chi connectivity index (χ1n) is 12.8. The van der Waals surface area contributed by atoms with E-state index in [0.717, 1.165) is 25.7 Å². The largest absolute Gasteiger partial charge is 0.462 e. The van der Waals surface area contributed by atoms with Gasteiger partial charge in [-0.15, -0.1) is 0 Å². The van der Waals surface area contributed by atoms with E-state index in [2.05, 4.69) is 41.5 Å². The van der Waals surface area contributed by atoms with Gasteiger partial charge in [-0.3, -0.25) is 4.79 Å². The van der Waals surface area contributed by atoms with Crippen LogP contribution in [-0.2, 0) is 14.3 Å². The average Bonchev–Trinajstić information content (AvgIpc) is 2.72. The Bertz CT molecular complexity index is 536. The number of hydrogen-bond acceptors (Lipinski definition) is 5. The number of aliphatic hydroxyl groups is 2. The molecule has 31 heavy (non-hydrogen) atoms. The van der Waals surface area contributed by atoms with Gasteiger partial charge in [-0.1, -0.05) is 54.4 Å². The van der Waals surface area contributed by atoms with Gasteiger partial charge in [0.2, 0.25) is 0 Å². The lowest BCUT2D eigenvalue weighted by molar-refractivity contribution is -0.161. The third kappa shape index (κ3) is 7.17. The first kappa shape index (κ1) is 26.6. The van der Waals surface area contributed by atoms with E-state index in [9.17, 15) is 15.0 Å². The van der Waals surface area contributed by atoms with Crippen LogP contribution in [0, 0.1) is 35.5 Å². The third-order valence-electron chi connectivity index (χ3n) is 8.23. The fourth-order valence-corrected chi connectivity index (χ4v) is 6.08. The van der Waals surface area contributed by atoms with E-state index in [4.69, 9.17) is 9.47 Å². The molecule has 1 aliphatic heterocycles. The highest BCUT2D eigenvalue weighted by Gasteiger charge is 2.44. The van der Waals surface area contributed by atoms with Crippen LogP contribution in [0.1, 0.15) is 92.9 Å². The van der Waals surface area contributed by atoms with Crippen LogP contribution in [0.15, 0.2) is 0 Å². The molecular weight excluding hydrogens is 392 g/mol. The summed E-state index contributed by atoms with van der Waals surface area (Å²) in [6, 6.07) is 0. The SMILES string of the molecule is CC[C@@H](C)[C@H](CO)O[C@@H](CC)[C@@H]1C(CCC2C[C@@H](O)CC(=O)O2)[C@@H](C)CC[C@@H]1C(C)C. The predicted molar refractivity (Wildman–Crippen MR) is 124 cm³/mol. The van der Waals surface area contributed by atoms with Crippen molar-refractivity contribution in [3.05, 3.63) is 0 Å². The lowest BCUT2D eigenvalue weighted by atomic mass is 9.60. The minimum Gasteiger partial charge on any atom is -0.462 e. The predicted octanol–water partition coefficient (Wildman–Crippen LogP) is 4.97. The molecule has 5 heteroatoms. The molecule has 0 radical (unpaired) electrons. The fourth-order valence-electron chi connectivity index (χ4n) is 6.08. The topological polar surface area (TPSA) is 76.0 Å². The van der Waals surface area contributed by atoms with Crippen LogP contribution in [-0.4, -0.2) is 47.2 Å². The van der Waals surface area contributed by atoms with E-state index in [1.54, 1.807) is 0 Å². The van der Waals surface area contributed by atoms with Gasteiger partial charge in [0.25, 0.3) is 0 Å². The Kier molecular flexibility index (Phi) is 10.8. The molecule has 182 valence electrons. The van der Waals surface area contributed by atoms with E-state index in [1.165, 1.54) is 12.8 Å². The van der Waals surface area contributed by atoms with E-state index < -0.39 is 6.10 Å². The molecule has 0 aromatic rings. The highest BCUT2D eigenvalue weighted by atomic mass is 16.5. The number of cyclic esters (lactones) is 1. The minimum absolute atomic E-state index is 0.0701. The highest BCUT2D eigenvalue weighted by Crippen LogP contribution is 2.48. The Morgan fingerprint density at radius 3 is 2.39 bits per heavy atom. The van der Waals surface area contributed by atoms with Crippen LogP contribution in [0.3, 0.4) is 0 Å². The fraction of sp³-hybridized carbons (Fsp3) is 0.962. The van der Waals surface area contributed by atoms with Gasteiger partial charge >= 0.3 is 5.97 Å². The third-order valence-corrected chi connectivity index (χ3v) is 8.23. The smallest absolute Gasteiger partial charge is 0.308 e. The highest BCUT2D eigenvalue weighted by molar-refractivity contribution is 5.70. The number of hydrogen-bond donors (Lipinski definition) is 2. The van der Waals surface area contributed by atoms with Crippen LogP contribution in [0.5, 0.6) is 0 Å². The monoisotopic (exact) mass is 440 g/mol. The molecule has 2 N–H and O–H groups in total. The number of carbonyl (C=O) groups excluding carboxylic acids is 1. The van der Waals surface area contributed by atoms with Crippen molar-refractivity contribution in [1.82, 2.24) is 0 Å². The van der Waals surface area contributed by atoms with Crippen LogP contribution in [0.25, 0.3) is 0 Å². The summed E-state index contributed by atoms with van der Waals surface area (Å²) < 4.78 is 12.2. The molecular formula is C26H48O5. The van der Waals surface area contributed by atoms with Crippen LogP contribution >= 0.6 is 0 Å². The van der Waals surface area contributed by atoms with E-state index in [-0.39, 0.29) is 37.3 Å². The van der Waals surface area contributed by atoms with Crippen molar-refractivity contribution in [2.45, 2.75) is 117 Å². The summed E-state index contributed by atoms with van der Waals surface area (Å²) >= 11 is 0. The summed E-state index contributed by atoms with van der Waals surface area (Å²) in [7, 11) is 0. The summed E-state index contributed by atoms with van der Waals surface area (Å²) in [6.07, 6.45) is 6.15. The summed E-state index contributed by atoms with van der Waals surface area (Å²) in [4.78, 5) is 11.8. The zero-order chi connectivity index (χ0) is 23.1. The summed E-state index contributed by atoms with van der Waals surface area (Å²) in [6.45, 7) is 13.6. The normalized spacial score (nSPS) is 34.9. The number of aliphatic hydroxyl groups excluding tert-OH is 2. The van der Waals surface area contributed by atoms with Gasteiger partial charge in [-0.05, 0) is 61.2 Å². The van der Waals surface area contributed by atoms with Gasteiger partial charge in [0, 0.05) is 6.42 Å². The van der Waals surface area contributed by atoms with Crippen molar-refractivity contribution in [2.24, 2.45) is 35.5 Å². The number of ether oxygens (including phenoxy) is 2. The van der Waals surface area contributed by atoms with Crippen LogP contribution in [0.2, 0.25) is 0 Å². The molecule has 2 unspecified atom stereocenters. The Morgan fingerprint density at radius 1 is 1.13 bits per heavy atom. The molecule has 1 heterocycles. The van der Waals surface area contributed by atoms with Crippen LogP contribution < -0.4 is 0 Å². The number of esters is 1. The molecule has 2 rings (SSSR count). The maximum atomic E-state index is 11.8. The molecule has 0 aromatic heterocycles. The maximum Gasteiger partial charge on any atom is 0.308 e. The molecule has 9 atom stereocenters. The Labute approximate surface area is 190 Å². The summed E-state index contributed by atoms with van der Waals surface area (Å²) in [5.74, 6) is 2.78. The molecule has 2 aliphatic rings. The van der Waals surface area contributed by atoms with E-state index in [1.807, 2.05) is 0 Å². The molecule has 1 aliphatic carbocycles. The Balaban J connectivity index is 2.19. The molecule has 0 bridgehead atoms. The van der Waals surface area contributed by atoms with E-state index in [0.29, 0.717) is 41.9 Å². The van der Waals surface area contributed by atoms with Gasteiger partial charge in [-0.2, -0.15) is 0 Å². The standard InChI is InChI=1S/C26H48O5/c1-7-17(5)24(15-27)31-23(8-2)26-21(16(3)4)11-9-18(6)22(26)12-10-20-13-19(28)14-25(29)30-20/h16-24,26-28H,7-15H2,1-6H3/t17-,18+,19-,20?,21-,22?,23+,24+,26+/m1/s1. The second-order valence-corrected chi connectivity index (χ2v) is 10.7. The summed E-state index contributed by atoms with van der Waals surface area (Å²) in [5.41, 5.74) is 0. The Hall–Kier alpha value is -0.650. The Morgan fingerprint density at radius 2 is 1.84 bits per heavy atom. The first-order chi connectivity index (χ1) is 14.7. The molecule has 0 amide bonds. The van der Waals surface area contributed by atoms with Crippen molar-refractivity contribution in [2.75, 3.05) is 6.61 Å². The first-order valence-corrected chi connectivity index (χ1v) is 12.8. The van der Waals surface area contributed by atoms with Crippen molar-refractivity contribution in [1.29, 1.82) is 0 Å². The van der Waals surface area contributed by atoms with Crippen molar-refractivity contribution < 1.29 is 24.5 Å². The van der Waals surface area contributed by atoms with Crippen molar-refractivity contribution in [3.8, 4) is 0 Å². The van der Waals surface area contributed by atoms with Gasteiger partial charge in [0.1, 0.15) is 6.10 Å². The van der Waals surface area contributed by atoms with Gasteiger partial charge in [0.15, 0.2) is 0 Å². The molecule has 5 nitrogen and oxygen atoms in total. The average molecular weight is 441 g/mol. The minimum atomic E-state index is -0.568. The zero-order valence-corrected chi connectivity index (χ0v) is 20.8. The summed E-state index contributed by atoms with van der Waals surface area (Å²) in [5, 5.41) is 20.0. The quantitative estimate of drug-likeness (QED) is 0.444. The molecule has 0 aromatic carbocycles. The second-order valence-electron chi connectivity index (χ2n) is 10.7. The lowest BCUT2D eigenvalue weighted by Gasteiger charge is -2.48.